The molecule has 0 aliphatic carbocycles. The Kier molecular flexibility index (Phi) is 7.21. The Balaban J connectivity index is 2.18. The van der Waals surface area contributed by atoms with Crippen LogP contribution in [-0.2, 0) is 10.0 Å². The van der Waals surface area contributed by atoms with E-state index in [-0.39, 0.29) is 16.5 Å². The minimum absolute atomic E-state index is 0.00981. The molecule has 0 aliphatic heterocycles. The van der Waals surface area contributed by atoms with E-state index >= 15 is 0 Å². The van der Waals surface area contributed by atoms with Crippen LogP contribution in [0.25, 0.3) is 0 Å². The predicted molar refractivity (Wildman–Crippen MR) is 129 cm³/mol. The first-order valence-electron chi connectivity index (χ1n) is 7.99. The normalized spacial score (nSPS) is 12.1. The second-order valence-electron chi connectivity index (χ2n) is 5.70. The van der Waals surface area contributed by atoms with Gasteiger partial charge in [0.2, 0.25) is 0 Å². The highest BCUT2D eigenvalue weighted by Crippen LogP contribution is 2.48. The maximum Gasteiger partial charge on any atom is 0.284 e. The number of amidine groups is 1. The largest absolute Gasteiger partial charge is 0.505 e. The van der Waals surface area contributed by atoms with Crippen molar-refractivity contribution in [2.45, 2.75) is 4.90 Å². The average molecular weight is 668 g/mol. The first-order chi connectivity index (χ1) is 13.7. The van der Waals surface area contributed by atoms with Crippen molar-refractivity contribution in [2.24, 2.45) is 4.40 Å². The molecule has 150 valence electrons. The van der Waals surface area contributed by atoms with Crippen molar-refractivity contribution in [3.8, 4) is 5.75 Å². The van der Waals surface area contributed by atoms with E-state index in [2.05, 4.69) is 73.4 Å². The summed E-state index contributed by atoms with van der Waals surface area (Å²) in [7, 11) is -3.96. The van der Waals surface area contributed by atoms with E-state index in [1.807, 2.05) is 6.07 Å². The molecule has 0 saturated heterocycles. The first kappa shape index (κ1) is 22.5. The van der Waals surface area contributed by atoms with Crippen LogP contribution in [0.5, 0.6) is 5.75 Å². The molecule has 0 atom stereocenters. The van der Waals surface area contributed by atoms with E-state index in [1.54, 1.807) is 42.5 Å². The third-order valence-electron chi connectivity index (χ3n) is 3.78. The van der Waals surface area contributed by atoms with Crippen molar-refractivity contribution in [3.05, 3.63) is 84.1 Å². The summed E-state index contributed by atoms with van der Waals surface area (Å²) in [6, 6.07) is 16.9. The highest BCUT2D eigenvalue weighted by Gasteiger charge is 2.22. The lowest BCUT2D eigenvalue weighted by atomic mass is 10.2. The molecule has 0 aromatic heterocycles. The number of hydrogen-bond acceptors (Lipinski definition) is 3. The standard InChI is InChI=1S/C19H12Br4N2O3S/c20-13-15(22)18(26)16(23)14(21)17(13)24-19(11-7-3-1-4-8-11)25-29(27,28)12-9-5-2-6-10-12/h1-10,26H,(H,24,25). The van der Waals surface area contributed by atoms with Gasteiger partial charge in [0.1, 0.15) is 5.75 Å². The van der Waals surface area contributed by atoms with Crippen LogP contribution in [0.15, 0.2) is 87.8 Å². The minimum atomic E-state index is -3.96. The van der Waals surface area contributed by atoms with E-state index in [1.165, 1.54) is 12.1 Å². The summed E-state index contributed by atoms with van der Waals surface area (Å²) in [6.07, 6.45) is 0. The highest BCUT2D eigenvalue weighted by atomic mass is 79.9. The summed E-state index contributed by atoms with van der Waals surface area (Å²) in [5, 5.41) is 13.2. The molecule has 2 N–H and O–H groups in total. The molecule has 0 heterocycles. The summed E-state index contributed by atoms with van der Waals surface area (Å²) in [4.78, 5) is 0.0847. The van der Waals surface area contributed by atoms with Crippen molar-refractivity contribution < 1.29 is 13.5 Å². The molecule has 0 bridgehead atoms. The van der Waals surface area contributed by atoms with Gasteiger partial charge >= 0.3 is 0 Å². The molecule has 29 heavy (non-hydrogen) atoms. The maximum atomic E-state index is 12.9. The lowest BCUT2D eigenvalue weighted by molar-refractivity contribution is 0.467. The fourth-order valence-corrected chi connectivity index (χ4v) is 5.65. The Morgan fingerprint density at radius 3 is 1.79 bits per heavy atom. The van der Waals surface area contributed by atoms with Crippen LogP contribution in [0.4, 0.5) is 5.69 Å². The predicted octanol–water partition coefficient (Wildman–Crippen LogP) is 6.69. The van der Waals surface area contributed by atoms with Crippen LogP contribution in [0.2, 0.25) is 0 Å². The molecular formula is C19H12Br4N2O3S. The number of anilines is 1. The van der Waals surface area contributed by atoms with Gasteiger partial charge in [-0.1, -0.05) is 48.5 Å². The third-order valence-corrected chi connectivity index (χ3v) is 9.27. The van der Waals surface area contributed by atoms with Gasteiger partial charge < -0.3 is 10.4 Å². The molecule has 3 aromatic rings. The Labute approximate surface area is 201 Å². The Morgan fingerprint density at radius 1 is 0.793 bits per heavy atom. The fourth-order valence-electron chi connectivity index (χ4n) is 2.36. The van der Waals surface area contributed by atoms with E-state index in [4.69, 9.17) is 0 Å². The number of benzene rings is 3. The number of sulfonamides is 1. The van der Waals surface area contributed by atoms with Gasteiger partial charge in [-0.15, -0.1) is 4.40 Å². The molecule has 0 spiro atoms. The second kappa shape index (κ2) is 9.30. The highest BCUT2D eigenvalue weighted by molar-refractivity contribution is 9.14. The number of nitrogens with zero attached hydrogens (tertiary/aromatic N) is 1. The van der Waals surface area contributed by atoms with Gasteiger partial charge in [0.25, 0.3) is 10.0 Å². The molecule has 0 aliphatic rings. The second-order valence-corrected chi connectivity index (χ2v) is 10.5. The lowest BCUT2D eigenvalue weighted by Crippen LogP contribution is -2.17. The Bertz CT molecular complexity index is 1160. The molecule has 3 aromatic carbocycles. The number of halogens is 4. The van der Waals surface area contributed by atoms with Crippen LogP contribution in [0.1, 0.15) is 5.56 Å². The van der Waals surface area contributed by atoms with Gasteiger partial charge in [-0.25, -0.2) is 0 Å². The molecule has 0 amide bonds. The summed E-state index contributed by atoms with van der Waals surface area (Å²) in [5.74, 6) is 0.116. The summed E-state index contributed by atoms with van der Waals surface area (Å²) in [6.45, 7) is 0. The molecule has 10 heteroatoms. The van der Waals surface area contributed by atoms with Crippen LogP contribution >= 0.6 is 63.7 Å². The zero-order chi connectivity index (χ0) is 21.2. The monoisotopic (exact) mass is 664 g/mol. The maximum absolute atomic E-state index is 12.9. The molecule has 0 saturated carbocycles. The van der Waals surface area contributed by atoms with E-state index < -0.39 is 10.0 Å². The number of phenols is 1. The number of nitrogens with one attached hydrogen (secondary N) is 1. The smallest absolute Gasteiger partial charge is 0.284 e. The van der Waals surface area contributed by atoms with Gasteiger partial charge in [0.05, 0.1) is 28.5 Å². The average Bonchev–Trinajstić information content (AvgIpc) is 2.74. The van der Waals surface area contributed by atoms with E-state index in [0.29, 0.717) is 29.1 Å². The zero-order valence-electron chi connectivity index (χ0n) is 14.4. The van der Waals surface area contributed by atoms with Gasteiger partial charge in [0, 0.05) is 5.56 Å². The van der Waals surface area contributed by atoms with Crippen molar-refractivity contribution >= 4 is 85.3 Å². The number of phenolic OH excluding ortho intramolecular Hbond substituents is 1. The van der Waals surface area contributed by atoms with Crippen molar-refractivity contribution in [1.82, 2.24) is 0 Å². The third kappa shape index (κ3) is 4.93. The van der Waals surface area contributed by atoms with E-state index in [0.717, 1.165) is 0 Å². The lowest BCUT2D eigenvalue weighted by Gasteiger charge is -2.17. The first-order valence-corrected chi connectivity index (χ1v) is 12.6. The fraction of sp³-hybridized carbons (Fsp3) is 0. The molecular weight excluding hydrogens is 656 g/mol. The van der Waals surface area contributed by atoms with Crippen molar-refractivity contribution in [2.75, 3.05) is 5.32 Å². The van der Waals surface area contributed by atoms with Gasteiger partial charge in [-0.3, -0.25) is 0 Å². The van der Waals surface area contributed by atoms with Crippen LogP contribution < -0.4 is 5.32 Å². The number of aromatic hydroxyl groups is 1. The van der Waals surface area contributed by atoms with Crippen LogP contribution in [0, 0.1) is 0 Å². The van der Waals surface area contributed by atoms with Gasteiger partial charge in [0.15, 0.2) is 5.84 Å². The minimum Gasteiger partial charge on any atom is -0.505 e. The number of rotatable bonds is 4. The molecule has 0 fully saturated rings. The van der Waals surface area contributed by atoms with Crippen LogP contribution in [0.3, 0.4) is 0 Å². The van der Waals surface area contributed by atoms with E-state index in [9.17, 15) is 13.5 Å². The van der Waals surface area contributed by atoms with Gasteiger partial charge in [-0.2, -0.15) is 8.42 Å². The Morgan fingerprint density at radius 2 is 1.28 bits per heavy atom. The zero-order valence-corrected chi connectivity index (χ0v) is 21.6. The molecule has 0 unspecified atom stereocenters. The van der Waals surface area contributed by atoms with Crippen molar-refractivity contribution in [3.63, 3.8) is 0 Å². The SMILES string of the molecule is O=S(=O)(N=C(Nc1c(Br)c(Br)c(O)c(Br)c1Br)c1ccccc1)c1ccccc1. The topological polar surface area (TPSA) is 78.8 Å². The molecule has 3 rings (SSSR count). The summed E-state index contributed by atoms with van der Waals surface area (Å²) >= 11 is 13.5. The quantitative estimate of drug-likeness (QED) is 0.141. The van der Waals surface area contributed by atoms with Crippen LogP contribution in [-0.4, -0.2) is 19.4 Å². The Hall–Kier alpha value is -1.20. The number of hydrogen-bond donors (Lipinski definition) is 2. The molecule has 5 nitrogen and oxygen atoms in total. The van der Waals surface area contributed by atoms with Gasteiger partial charge in [-0.05, 0) is 75.9 Å². The summed E-state index contributed by atoms with van der Waals surface area (Å²) < 4.78 is 31.5. The summed E-state index contributed by atoms with van der Waals surface area (Å²) in [5.41, 5.74) is 1.05. The molecule has 0 radical (unpaired) electrons. The van der Waals surface area contributed by atoms with Crippen molar-refractivity contribution in [1.29, 1.82) is 0 Å².